The zero-order valence-corrected chi connectivity index (χ0v) is 14.2. The van der Waals surface area contributed by atoms with Gasteiger partial charge in [-0.1, -0.05) is 17.7 Å². The standard InChI is InChI=1S/C19H21ClN4/c20-14-3-7-16(8-4-14)24-15-5-1-13(2-6-15)11-18-17-9-10-21-19(17)23-12-22-18/h3-4,7-13,15,21,24H,1-2,5-6H2,(H,22,23)/b18-11+. The summed E-state index contributed by atoms with van der Waals surface area (Å²) < 4.78 is 0. The third kappa shape index (κ3) is 3.34. The number of nitrogens with one attached hydrogen (secondary N) is 3. The smallest absolute Gasteiger partial charge is 0.141 e. The van der Waals surface area contributed by atoms with E-state index in [4.69, 9.17) is 11.6 Å². The number of nitrogens with zero attached hydrogens (tertiary/aromatic N) is 1. The molecule has 0 bridgehead atoms. The average molecular weight is 341 g/mol. The van der Waals surface area contributed by atoms with E-state index < -0.39 is 0 Å². The molecule has 4 rings (SSSR count). The summed E-state index contributed by atoms with van der Waals surface area (Å²) in [6.07, 6.45) is 10.8. The van der Waals surface area contributed by atoms with Crippen LogP contribution in [0.3, 0.4) is 0 Å². The Bertz CT molecular complexity index is 752. The first-order valence-electron chi connectivity index (χ1n) is 8.49. The van der Waals surface area contributed by atoms with Crippen molar-refractivity contribution in [3.63, 3.8) is 0 Å². The molecule has 0 spiro atoms. The number of allylic oxidation sites excluding steroid dienone is 1. The Morgan fingerprint density at radius 3 is 2.67 bits per heavy atom. The number of benzene rings is 1. The molecule has 1 aliphatic heterocycles. The predicted octanol–water partition coefficient (Wildman–Crippen LogP) is 4.94. The molecule has 2 aromatic rings. The Morgan fingerprint density at radius 2 is 1.88 bits per heavy atom. The molecule has 0 amide bonds. The van der Waals surface area contributed by atoms with Gasteiger partial charge >= 0.3 is 0 Å². The summed E-state index contributed by atoms with van der Waals surface area (Å²) in [5.74, 6) is 1.56. The van der Waals surface area contributed by atoms with E-state index in [2.05, 4.69) is 44.9 Å². The maximum Gasteiger partial charge on any atom is 0.141 e. The summed E-state index contributed by atoms with van der Waals surface area (Å²) in [5.41, 5.74) is 3.50. The monoisotopic (exact) mass is 340 g/mol. The van der Waals surface area contributed by atoms with Crippen molar-refractivity contribution < 1.29 is 0 Å². The van der Waals surface area contributed by atoms with Crippen molar-refractivity contribution in [3.05, 3.63) is 53.2 Å². The zero-order chi connectivity index (χ0) is 16.4. The molecule has 2 heterocycles. The highest BCUT2D eigenvalue weighted by atomic mass is 35.5. The fraction of sp³-hybridized carbons (Fsp3) is 0.316. The van der Waals surface area contributed by atoms with Gasteiger partial charge in [0.25, 0.3) is 0 Å². The van der Waals surface area contributed by atoms with E-state index in [1.807, 2.05) is 18.3 Å². The van der Waals surface area contributed by atoms with Crippen molar-refractivity contribution in [1.82, 2.24) is 10.3 Å². The van der Waals surface area contributed by atoms with Crippen molar-refractivity contribution >= 4 is 35.1 Å². The van der Waals surface area contributed by atoms with Crippen LogP contribution in [-0.4, -0.2) is 17.4 Å². The highest BCUT2D eigenvalue weighted by Gasteiger charge is 2.21. The number of aromatic amines is 1. The van der Waals surface area contributed by atoms with E-state index in [0.717, 1.165) is 16.5 Å². The lowest BCUT2D eigenvalue weighted by atomic mass is 9.85. The molecule has 124 valence electrons. The average Bonchev–Trinajstić information content (AvgIpc) is 3.08. The maximum absolute atomic E-state index is 5.94. The molecule has 1 aliphatic carbocycles. The van der Waals surface area contributed by atoms with Crippen LogP contribution in [0.1, 0.15) is 31.2 Å². The van der Waals surface area contributed by atoms with Crippen LogP contribution in [0, 0.1) is 5.92 Å². The van der Waals surface area contributed by atoms with Crippen molar-refractivity contribution in [2.75, 3.05) is 5.32 Å². The van der Waals surface area contributed by atoms with Gasteiger partial charge < -0.3 is 15.6 Å². The maximum atomic E-state index is 5.94. The lowest BCUT2D eigenvalue weighted by Gasteiger charge is -2.29. The second-order valence-corrected chi connectivity index (χ2v) is 6.92. The van der Waals surface area contributed by atoms with Crippen molar-refractivity contribution in [2.24, 2.45) is 10.9 Å². The Hall–Kier alpha value is -2.20. The summed E-state index contributed by atoms with van der Waals surface area (Å²) in [4.78, 5) is 7.47. The topological polar surface area (TPSA) is 52.2 Å². The van der Waals surface area contributed by atoms with Gasteiger partial charge in [0, 0.05) is 34.2 Å². The summed E-state index contributed by atoms with van der Waals surface area (Å²) >= 11 is 5.94. The number of aliphatic imine (C=N–C) groups is 1. The van der Waals surface area contributed by atoms with E-state index in [9.17, 15) is 0 Å². The van der Waals surface area contributed by atoms with Gasteiger partial charge in [0.1, 0.15) is 5.82 Å². The molecule has 24 heavy (non-hydrogen) atoms. The van der Waals surface area contributed by atoms with Gasteiger partial charge in [0.2, 0.25) is 0 Å². The summed E-state index contributed by atoms with van der Waals surface area (Å²) in [5, 5.41) is 7.69. The molecule has 1 saturated carbocycles. The minimum absolute atomic E-state index is 0.546. The van der Waals surface area contributed by atoms with E-state index in [1.165, 1.54) is 36.9 Å². The van der Waals surface area contributed by atoms with Gasteiger partial charge in [-0.2, -0.15) is 0 Å². The number of halogens is 1. The van der Waals surface area contributed by atoms with E-state index in [0.29, 0.717) is 12.0 Å². The zero-order valence-electron chi connectivity index (χ0n) is 13.4. The van der Waals surface area contributed by atoms with Gasteiger partial charge in [0.05, 0.1) is 6.34 Å². The van der Waals surface area contributed by atoms with Gasteiger partial charge in [-0.3, -0.25) is 0 Å². The summed E-state index contributed by atoms with van der Waals surface area (Å²) in [6.45, 7) is 0. The van der Waals surface area contributed by atoms with Gasteiger partial charge in [0.15, 0.2) is 0 Å². The molecule has 1 aromatic carbocycles. The van der Waals surface area contributed by atoms with Gasteiger partial charge in [-0.05, 0) is 61.9 Å². The molecule has 0 radical (unpaired) electrons. The molecule has 1 fully saturated rings. The van der Waals surface area contributed by atoms with Crippen LogP contribution in [0.4, 0.5) is 11.5 Å². The predicted molar refractivity (Wildman–Crippen MR) is 101 cm³/mol. The largest absolute Gasteiger partial charge is 0.382 e. The SMILES string of the molecule is Clc1ccc(NC2CCC(/C=C3/NC=Nc4[nH]ccc43)CC2)cc1. The lowest BCUT2D eigenvalue weighted by Crippen LogP contribution is -2.26. The third-order valence-electron chi connectivity index (χ3n) is 4.82. The van der Waals surface area contributed by atoms with Crippen LogP contribution < -0.4 is 10.6 Å². The minimum atomic E-state index is 0.546. The van der Waals surface area contributed by atoms with Gasteiger partial charge in [-0.25, -0.2) is 4.99 Å². The van der Waals surface area contributed by atoms with E-state index in [1.54, 1.807) is 6.34 Å². The highest BCUT2D eigenvalue weighted by molar-refractivity contribution is 6.30. The first kappa shape index (κ1) is 15.3. The van der Waals surface area contributed by atoms with Crippen LogP contribution in [0.5, 0.6) is 0 Å². The molecule has 0 unspecified atom stereocenters. The fourth-order valence-electron chi connectivity index (χ4n) is 3.51. The Kier molecular flexibility index (Phi) is 4.30. The lowest BCUT2D eigenvalue weighted by molar-refractivity contribution is 0.391. The van der Waals surface area contributed by atoms with Crippen LogP contribution >= 0.6 is 11.6 Å². The molecule has 5 heteroatoms. The van der Waals surface area contributed by atoms with Crippen molar-refractivity contribution in [2.45, 2.75) is 31.7 Å². The molecule has 1 aromatic heterocycles. The quantitative estimate of drug-likeness (QED) is 0.741. The number of anilines is 1. The first-order valence-corrected chi connectivity index (χ1v) is 8.86. The number of rotatable bonds is 3. The molecule has 0 saturated heterocycles. The molecular weight excluding hydrogens is 320 g/mol. The Balaban J connectivity index is 1.36. The van der Waals surface area contributed by atoms with Crippen molar-refractivity contribution in [1.29, 1.82) is 0 Å². The normalized spacial score (nSPS) is 24.5. The van der Waals surface area contributed by atoms with Crippen LogP contribution in [0.25, 0.3) is 5.70 Å². The fourth-order valence-corrected chi connectivity index (χ4v) is 3.64. The molecular formula is C19H21ClN4. The molecule has 0 atom stereocenters. The second-order valence-electron chi connectivity index (χ2n) is 6.49. The second kappa shape index (κ2) is 6.73. The summed E-state index contributed by atoms with van der Waals surface area (Å²) in [6, 6.07) is 10.6. The van der Waals surface area contributed by atoms with E-state index >= 15 is 0 Å². The van der Waals surface area contributed by atoms with Gasteiger partial charge in [-0.15, -0.1) is 0 Å². The summed E-state index contributed by atoms with van der Waals surface area (Å²) in [7, 11) is 0. The number of fused-ring (bicyclic) bond motifs is 1. The number of aromatic nitrogens is 1. The van der Waals surface area contributed by atoms with Crippen LogP contribution in [0.2, 0.25) is 5.02 Å². The molecule has 3 N–H and O–H groups in total. The Labute approximate surface area is 147 Å². The first-order chi connectivity index (χ1) is 11.8. The number of hydrogen-bond acceptors (Lipinski definition) is 3. The Morgan fingerprint density at radius 1 is 1.08 bits per heavy atom. The molecule has 4 nitrogen and oxygen atoms in total. The third-order valence-corrected chi connectivity index (χ3v) is 5.07. The van der Waals surface area contributed by atoms with Crippen molar-refractivity contribution in [3.8, 4) is 0 Å². The van der Waals surface area contributed by atoms with Crippen LogP contribution in [-0.2, 0) is 0 Å². The molecule has 2 aliphatic rings. The van der Waals surface area contributed by atoms with E-state index in [-0.39, 0.29) is 0 Å². The minimum Gasteiger partial charge on any atom is -0.382 e. The number of H-pyrrole nitrogens is 1. The van der Waals surface area contributed by atoms with Crippen LogP contribution in [0.15, 0.2) is 47.6 Å². The highest BCUT2D eigenvalue weighted by Crippen LogP contribution is 2.32. The number of hydrogen-bond donors (Lipinski definition) is 3.